The first-order valence-corrected chi connectivity index (χ1v) is 9.47. The van der Waals surface area contributed by atoms with Crippen molar-refractivity contribution in [2.75, 3.05) is 13.1 Å². The molecule has 3 unspecified atom stereocenters. The Morgan fingerprint density at radius 3 is 2.43 bits per heavy atom. The van der Waals surface area contributed by atoms with Gasteiger partial charge in [-0.1, -0.05) is 12.1 Å². The summed E-state index contributed by atoms with van der Waals surface area (Å²) in [4.78, 5) is 26.5. The number of rotatable bonds is 4. The quantitative estimate of drug-likeness (QED) is 0.689. The number of carbonyl (C=O) groups is 2. The van der Waals surface area contributed by atoms with Crippen LogP contribution in [0.3, 0.4) is 0 Å². The van der Waals surface area contributed by atoms with Gasteiger partial charge in [-0.05, 0) is 45.0 Å². The molecule has 1 aliphatic rings. The monoisotopic (exact) mass is 425 g/mol. The third-order valence-electron chi connectivity index (χ3n) is 4.64. The molecular formula is C21H22F3NO5. The molecule has 0 aliphatic carbocycles. The molecule has 0 spiro atoms. The van der Waals surface area contributed by atoms with Crippen LogP contribution in [0.15, 0.2) is 40.8 Å². The van der Waals surface area contributed by atoms with Crippen molar-refractivity contribution in [3.63, 3.8) is 0 Å². The van der Waals surface area contributed by atoms with Crippen molar-refractivity contribution in [2.24, 2.45) is 0 Å². The molecule has 1 saturated heterocycles. The second-order valence-electron chi connectivity index (χ2n) is 7.29. The lowest BCUT2D eigenvalue weighted by atomic mass is 10.1. The zero-order chi connectivity index (χ0) is 22.1. The van der Waals surface area contributed by atoms with E-state index >= 15 is 0 Å². The zero-order valence-corrected chi connectivity index (χ0v) is 16.7. The summed E-state index contributed by atoms with van der Waals surface area (Å²) in [6, 6.07) is 7.25. The lowest BCUT2D eigenvalue weighted by Gasteiger charge is -2.36. The normalized spacial score (nSPS) is 20.7. The number of nitrogens with zero attached hydrogens (tertiary/aromatic N) is 1. The highest BCUT2D eigenvalue weighted by Gasteiger charge is 2.32. The number of ether oxygens (including phenoxy) is 2. The Hall–Kier alpha value is -2.81. The molecule has 2 heterocycles. The van der Waals surface area contributed by atoms with E-state index in [1.165, 1.54) is 31.2 Å². The van der Waals surface area contributed by atoms with Crippen molar-refractivity contribution < 1.29 is 36.7 Å². The number of alkyl halides is 3. The maximum Gasteiger partial charge on any atom is 0.416 e. The summed E-state index contributed by atoms with van der Waals surface area (Å²) in [6.07, 6.45) is -5.78. The number of hydrogen-bond acceptors (Lipinski definition) is 5. The average Bonchev–Trinajstić information content (AvgIpc) is 3.16. The number of hydrogen-bond donors (Lipinski definition) is 0. The highest BCUT2D eigenvalue weighted by Crippen LogP contribution is 2.32. The molecule has 1 fully saturated rings. The van der Waals surface area contributed by atoms with Crippen molar-refractivity contribution in [2.45, 2.75) is 45.3 Å². The smallest absolute Gasteiger partial charge is 0.416 e. The van der Waals surface area contributed by atoms with Gasteiger partial charge in [0.05, 0.1) is 17.8 Å². The number of amides is 1. The SMILES string of the molecule is CC1CN(C(=O)C(C)OC(=O)c2ccc(-c3cccc(C(F)(F)F)c3)o2)CC(C)O1. The molecule has 0 bridgehead atoms. The molecule has 162 valence electrons. The van der Waals surface area contributed by atoms with E-state index in [-0.39, 0.29) is 35.2 Å². The molecule has 3 atom stereocenters. The highest BCUT2D eigenvalue weighted by atomic mass is 19.4. The van der Waals surface area contributed by atoms with Crippen LogP contribution in [-0.2, 0) is 20.4 Å². The minimum Gasteiger partial charge on any atom is -0.449 e. The summed E-state index contributed by atoms with van der Waals surface area (Å²) in [7, 11) is 0. The van der Waals surface area contributed by atoms with Crippen molar-refractivity contribution >= 4 is 11.9 Å². The molecule has 9 heteroatoms. The van der Waals surface area contributed by atoms with Gasteiger partial charge in [-0.15, -0.1) is 0 Å². The van der Waals surface area contributed by atoms with Gasteiger partial charge in [-0.3, -0.25) is 4.79 Å². The van der Waals surface area contributed by atoms with E-state index in [0.29, 0.717) is 13.1 Å². The summed E-state index contributed by atoms with van der Waals surface area (Å²) in [5.74, 6) is -1.34. The maximum absolute atomic E-state index is 12.9. The predicted octanol–water partition coefficient (Wildman–Crippen LogP) is 4.15. The Labute approximate surface area is 171 Å². The van der Waals surface area contributed by atoms with Gasteiger partial charge in [0, 0.05) is 18.7 Å². The van der Waals surface area contributed by atoms with Crippen LogP contribution in [0.2, 0.25) is 0 Å². The lowest BCUT2D eigenvalue weighted by molar-refractivity contribution is -0.151. The van der Waals surface area contributed by atoms with Crippen LogP contribution < -0.4 is 0 Å². The summed E-state index contributed by atoms with van der Waals surface area (Å²) in [5.41, 5.74) is -0.655. The summed E-state index contributed by atoms with van der Waals surface area (Å²) in [6.45, 7) is 5.95. The van der Waals surface area contributed by atoms with E-state index in [0.717, 1.165) is 12.1 Å². The van der Waals surface area contributed by atoms with Crippen molar-refractivity contribution in [3.8, 4) is 11.3 Å². The van der Waals surface area contributed by atoms with Crippen LogP contribution in [0.25, 0.3) is 11.3 Å². The van der Waals surface area contributed by atoms with Gasteiger partial charge in [0.1, 0.15) is 5.76 Å². The number of furan rings is 1. The highest BCUT2D eigenvalue weighted by molar-refractivity contribution is 5.90. The fourth-order valence-electron chi connectivity index (χ4n) is 3.34. The third-order valence-corrected chi connectivity index (χ3v) is 4.64. The molecule has 30 heavy (non-hydrogen) atoms. The molecular weight excluding hydrogens is 403 g/mol. The van der Waals surface area contributed by atoms with Crippen LogP contribution in [-0.4, -0.2) is 48.2 Å². The molecule has 3 rings (SSSR count). The zero-order valence-electron chi connectivity index (χ0n) is 16.7. The van der Waals surface area contributed by atoms with Gasteiger partial charge < -0.3 is 18.8 Å². The van der Waals surface area contributed by atoms with Gasteiger partial charge in [-0.2, -0.15) is 13.2 Å². The Bertz CT molecular complexity index is 913. The number of morpholine rings is 1. The first kappa shape index (κ1) is 21.9. The second kappa shape index (κ2) is 8.51. The minimum atomic E-state index is -4.49. The number of halogens is 3. The summed E-state index contributed by atoms with van der Waals surface area (Å²) in [5, 5.41) is 0. The van der Waals surface area contributed by atoms with E-state index < -0.39 is 23.8 Å². The largest absolute Gasteiger partial charge is 0.449 e. The predicted molar refractivity (Wildman–Crippen MR) is 101 cm³/mol. The van der Waals surface area contributed by atoms with E-state index in [4.69, 9.17) is 13.9 Å². The molecule has 1 aliphatic heterocycles. The van der Waals surface area contributed by atoms with Crippen LogP contribution in [0, 0.1) is 0 Å². The van der Waals surface area contributed by atoms with Crippen LogP contribution in [0.4, 0.5) is 13.2 Å². The van der Waals surface area contributed by atoms with Crippen LogP contribution >= 0.6 is 0 Å². The number of esters is 1. The molecule has 1 amide bonds. The van der Waals surface area contributed by atoms with Crippen molar-refractivity contribution in [1.82, 2.24) is 4.90 Å². The average molecular weight is 425 g/mol. The lowest BCUT2D eigenvalue weighted by Crippen LogP contribution is -2.51. The van der Waals surface area contributed by atoms with E-state index in [1.807, 2.05) is 13.8 Å². The van der Waals surface area contributed by atoms with E-state index in [1.54, 1.807) is 4.90 Å². The fraction of sp³-hybridized carbons (Fsp3) is 0.429. The van der Waals surface area contributed by atoms with Gasteiger partial charge >= 0.3 is 12.1 Å². The third kappa shape index (κ3) is 5.02. The minimum absolute atomic E-state index is 0.0860. The molecule has 0 N–H and O–H groups in total. The summed E-state index contributed by atoms with van der Waals surface area (Å²) >= 11 is 0. The maximum atomic E-state index is 12.9. The number of benzene rings is 1. The van der Waals surface area contributed by atoms with Gasteiger partial charge in [0.15, 0.2) is 6.10 Å². The topological polar surface area (TPSA) is 69.0 Å². The van der Waals surface area contributed by atoms with Gasteiger partial charge in [0.25, 0.3) is 5.91 Å². The molecule has 6 nitrogen and oxygen atoms in total. The Morgan fingerprint density at radius 1 is 1.13 bits per heavy atom. The number of carbonyl (C=O) groups excluding carboxylic acids is 2. The first-order valence-electron chi connectivity index (χ1n) is 9.47. The Morgan fingerprint density at radius 2 is 1.80 bits per heavy atom. The molecule has 0 radical (unpaired) electrons. The van der Waals surface area contributed by atoms with Gasteiger partial charge in [-0.25, -0.2) is 4.79 Å². The molecule has 1 aromatic heterocycles. The van der Waals surface area contributed by atoms with Crippen molar-refractivity contribution in [1.29, 1.82) is 0 Å². The van der Waals surface area contributed by atoms with E-state index in [2.05, 4.69) is 0 Å². The van der Waals surface area contributed by atoms with E-state index in [9.17, 15) is 22.8 Å². The van der Waals surface area contributed by atoms with Crippen LogP contribution in [0.1, 0.15) is 36.9 Å². The molecule has 0 saturated carbocycles. The van der Waals surface area contributed by atoms with Crippen molar-refractivity contribution in [3.05, 3.63) is 47.7 Å². The standard InChI is InChI=1S/C21H22F3NO5/c1-12-10-25(11-13(2)28-12)19(26)14(3)29-20(27)18-8-7-17(30-18)15-5-4-6-16(9-15)21(22,23)24/h4-9,12-14H,10-11H2,1-3H3. The fourth-order valence-corrected chi connectivity index (χ4v) is 3.34. The molecule has 1 aromatic carbocycles. The first-order chi connectivity index (χ1) is 14.0. The van der Waals surface area contributed by atoms with Gasteiger partial charge in [0.2, 0.25) is 5.76 Å². The van der Waals surface area contributed by atoms with Crippen LogP contribution in [0.5, 0.6) is 0 Å². The molecule has 2 aromatic rings. The second-order valence-corrected chi connectivity index (χ2v) is 7.29. The Balaban J connectivity index is 1.67. The Kier molecular flexibility index (Phi) is 6.21. The summed E-state index contributed by atoms with van der Waals surface area (Å²) < 4.78 is 54.8.